The first-order valence-electron chi connectivity index (χ1n) is 11.6. The second-order valence-corrected chi connectivity index (χ2v) is 8.33. The van der Waals surface area contributed by atoms with Crippen molar-refractivity contribution < 1.29 is 19.1 Å². The van der Waals surface area contributed by atoms with Crippen LogP contribution in [-0.4, -0.2) is 43.0 Å². The average molecular weight is 459 g/mol. The van der Waals surface area contributed by atoms with Gasteiger partial charge in [-0.1, -0.05) is 72.8 Å². The smallest absolute Gasteiger partial charge is 0.260 e. The predicted octanol–water partition coefficient (Wildman–Crippen LogP) is 4.36. The molecule has 4 rings (SSSR count). The van der Waals surface area contributed by atoms with Crippen LogP contribution in [0.4, 0.5) is 0 Å². The molecule has 6 heteroatoms. The molecule has 3 aromatic carbocycles. The molecule has 0 spiro atoms. The van der Waals surface area contributed by atoms with Gasteiger partial charge >= 0.3 is 0 Å². The quantitative estimate of drug-likeness (QED) is 0.464. The molecular weight excluding hydrogens is 428 g/mol. The van der Waals surface area contributed by atoms with Crippen LogP contribution in [0.1, 0.15) is 36.4 Å². The molecule has 3 aromatic rings. The summed E-state index contributed by atoms with van der Waals surface area (Å²) in [4.78, 5) is 27.6. The van der Waals surface area contributed by atoms with Gasteiger partial charge in [0.2, 0.25) is 5.91 Å². The SMILES string of the molecule is COc1ccccc1OCC(=O)N(CCC(=O)NC(c1ccccc1)c1ccccc1)C1CC1. The first kappa shape index (κ1) is 23.4. The number of hydrogen-bond donors (Lipinski definition) is 1. The van der Waals surface area contributed by atoms with Crippen molar-refractivity contribution in [2.24, 2.45) is 0 Å². The number of carbonyl (C=O) groups excluding carboxylic acids is 2. The van der Waals surface area contributed by atoms with E-state index in [4.69, 9.17) is 9.47 Å². The number of para-hydroxylation sites is 2. The van der Waals surface area contributed by atoms with Crippen LogP contribution < -0.4 is 14.8 Å². The highest BCUT2D eigenvalue weighted by Crippen LogP contribution is 2.29. The van der Waals surface area contributed by atoms with Crippen molar-refractivity contribution in [1.29, 1.82) is 0 Å². The molecule has 1 N–H and O–H groups in total. The van der Waals surface area contributed by atoms with Crippen molar-refractivity contribution in [2.45, 2.75) is 31.3 Å². The van der Waals surface area contributed by atoms with Gasteiger partial charge < -0.3 is 19.7 Å². The van der Waals surface area contributed by atoms with Gasteiger partial charge in [-0.15, -0.1) is 0 Å². The van der Waals surface area contributed by atoms with Crippen molar-refractivity contribution in [3.63, 3.8) is 0 Å². The van der Waals surface area contributed by atoms with Crippen molar-refractivity contribution in [3.8, 4) is 11.5 Å². The molecule has 2 amide bonds. The Morgan fingerprint density at radius 1 is 0.882 bits per heavy atom. The van der Waals surface area contributed by atoms with Gasteiger partial charge in [0.15, 0.2) is 18.1 Å². The number of methoxy groups -OCH3 is 1. The number of nitrogens with one attached hydrogen (secondary N) is 1. The summed E-state index contributed by atoms with van der Waals surface area (Å²) in [6.45, 7) is 0.274. The third-order valence-electron chi connectivity index (χ3n) is 5.88. The molecule has 0 radical (unpaired) electrons. The molecule has 6 nitrogen and oxygen atoms in total. The fourth-order valence-corrected chi connectivity index (χ4v) is 3.96. The van der Waals surface area contributed by atoms with Crippen LogP contribution in [-0.2, 0) is 9.59 Å². The summed E-state index contributed by atoms with van der Waals surface area (Å²) in [5, 5.41) is 3.15. The molecule has 176 valence electrons. The Morgan fingerprint density at radius 3 is 2.00 bits per heavy atom. The van der Waals surface area contributed by atoms with E-state index >= 15 is 0 Å². The van der Waals surface area contributed by atoms with E-state index in [9.17, 15) is 9.59 Å². The molecule has 1 fully saturated rings. The number of carbonyl (C=O) groups is 2. The first-order valence-corrected chi connectivity index (χ1v) is 11.6. The Balaban J connectivity index is 1.36. The van der Waals surface area contributed by atoms with Crippen molar-refractivity contribution >= 4 is 11.8 Å². The average Bonchev–Trinajstić information content (AvgIpc) is 3.72. The van der Waals surface area contributed by atoms with Gasteiger partial charge in [-0.05, 0) is 36.1 Å². The fourth-order valence-electron chi connectivity index (χ4n) is 3.96. The highest BCUT2D eigenvalue weighted by molar-refractivity contribution is 5.81. The highest BCUT2D eigenvalue weighted by Gasteiger charge is 2.33. The molecule has 1 aliphatic rings. The number of amides is 2. The summed E-state index contributed by atoms with van der Waals surface area (Å²) in [5.74, 6) is 0.895. The second kappa shape index (κ2) is 11.4. The number of nitrogens with zero attached hydrogens (tertiary/aromatic N) is 1. The molecule has 34 heavy (non-hydrogen) atoms. The van der Waals surface area contributed by atoms with Crippen LogP contribution in [0.2, 0.25) is 0 Å². The molecule has 0 atom stereocenters. The molecule has 0 aliphatic heterocycles. The monoisotopic (exact) mass is 458 g/mol. The van der Waals surface area contributed by atoms with Gasteiger partial charge in [0.05, 0.1) is 13.2 Å². The molecule has 0 heterocycles. The number of hydrogen-bond acceptors (Lipinski definition) is 4. The van der Waals surface area contributed by atoms with Crippen molar-refractivity contribution in [1.82, 2.24) is 10.2 Å². The molecule has 1 aliphatic carbocycles. The minimum absolute atomic E-state index is 0.0881. The van der Waals surface area contributed by atoms with Crippen molar-refractivity contribution in [2.75, 3.05) is 20.3 Å². The van der Waals surface area contributed by atoms with Crippen molar-refractivity contribution in [3.05, 3.63) is 96.1 Å². The normalized spacial score (nSPS) is 12.8. The first-order chi connectivity index (χ1) is 16.7. The van der Waals surface area contributed by atoms with Crippen LogP contribution in [0.5, 0.6) is 11.5 Å². The van der Waals surface area contributed by atoms with Gasteiger partial charge in [0.25, 0.3) is 5.91 Å². The van der Waals surface area contributed by atoms with Crippen LogP contribution in [0.25, 0.3) is 0 Å². The zero-order valence-electron chi connectivity index (χ0n) is 19.4. The fraction of sp³-hybridized carbons (Fsp3) is 0.286. The number of benzene rings is 3. The summed E-state index contributed by atoms with van der Waals surface area (Å²) >= 11 is 0. The summed E-state index contributed by atoms with van der Waals surface area (Å²) in [7, 11) is 1.57. The topological polar surface area (TPSA) is 67.9 Å². The maximum absolute atomic E-state index is 12.9. The lowest BCUT2D eigenvalue weighted by atomic mass is 9.98. The van der Waals surface area contributed by atoms with E-state index in [0.717, 1.165) is 24.0 Å². The zero-order valence-corrected chi connectivity index (χ0v) is 19.4. The molecule has 0 aromatic heterocycles. The molecule has 0 saturated heterocycles. The highest BCUT2D eigenvalue weighted by atomic mass is 16.5. The van der Waals surface area contributed by atoms with E-state index in [-0.39, 0.29) is 36.9 Å². The molecule has 0 unspecified atom stereocenters. The predicted molar refractivity (Wildman–Crippen MR) is 131 cm³/mol. The third-order valence-corrected chi connectivity index (χ3v) is 5.88. The zero-order chi connectivity index (χ0) is 23.8. The van der Waals surface area contributed by atoms with Gasteiger partial charge in [0, 0.05) is 19.0 Å². The van der Waals surface area contributed by atoms with Crippen LogP contribution in [0, 0.1) is 0 Å². The Kier molecular flexibility index (Phi) is 7.81. The molecule has 1 saturated carbocycles. The second-order valence-electron chi connectivity index (χ2n) is 8.33. The van der Waals surface area contributed by atoms with Gasteiger partial charge in [-0.25, -0.2) is 0 Å². The van der Waals surface area contributed by atoms with Crippen LogP contribution >= 0.6 is 0 Å². The Bertz CT molecular complexity index is 1040. The standard InChI is InChI=1S/C28H30N2O4/c1-33-24-14-8-9-15-25(24)34-20-27(32)30(23-16-17-23)19-18-26(31)29-28(21-10-4-2-5-11-21)22-12-6-3-7-13-22/h2-15,23,28H,16-20H2,1H3,(H,29,31). The van der Waals surface area contributed by atoms with E-state index in [1.807, 2.05) is 72.8 Å². The summed E-state index contributed by atoms with van der Waals surface area (Å²) in [5.41, 5.74) is 2.03. The summed E-state index contributed by atoms with van der Waals surface area (Å²) in [6.07, 6.45) is 2.14. The van der Waals surface area contributed by atoms with E-state index in [0.29, 0.717) is 18.0 Å². The summed E-state index contributed by atoms with van der Waals surface area (Å²) in [6, 6.07) is 27.0. The maximum Gasteiger partial charge on any atom is 0.260 e. The lowest BCUT2D eigenvalue weighted by Gasteiger charge is -2.24. The largest absolute Gasteiger partial charge is 0.493 e. The number of ether oxygens (including phenoxy) is 2. The lowest BCUT2D eigenvalue weighted by molar-refractivity contribution is -0.134. The number of rotatable bonds is 11. The third kappa shape index (κ3) is 6.16. The summed E-state index contributed by atoms with van der Waals surface area (Å²) < 4.78 is 11.0. The van der Waals surface area contributed by atoms with Gasteiger partial charge in [0.1, 0.15) is 0 Å². The van der Waals surface area contributed by atoms with Crippen LogP contribution in [0.15, 0.2) is 84.9 Å². The van der Waals surface area contributed by atoms with Crippen LogP contribution in [0.3, 0.4) is 0 Å². The van der Waals surface area contributed by atoms with E-state index in [2.05, 4.69) is 5.32 Å². The Morgan fingerprint density at radius 2 is 1.44 bits per heavy atom. The minimum atomic E-state index is -0.242. The van der Waals surface area contributed by atoms with Gasteiger partial charge in [-0.3, -0.25) is 9.59 Å². The van der Waals surface area contributed by atoms with E-state index < -0.39 is 0 Å². The van der Waals surface area contributed by atoms with E-state index in [1.54, 1.807) is 24.1 Å². The minimum Gasteiger partial charge on any atom is -0.493 e. The Hall–Kier alpha value is -3.80. The maximum atomic E-state index is 12.9. The Labute approximate surface area is 200 Å². The van der Waals surface area contributed by atoms with Gasteiger partial charge in [-0.2, -0.15) is 0 Å². The van der Waals surface area contributed by atoms with E-state index in [1.165, 1.54) is 0 Å². The molecular formula is C28H30N2O4. The molecule has 0 bridgehead atoms. The lowest BCUT2D eigenvalue weighted by Crippen LogP contribution is -2.40.